The van der Waals surface area contributed by atoms with Crippen LogP contribution in [0.25, 0.3) is 0 Å². The Morgan fingerprint density at radius 1 is 1.11 bits per heavy atom. The second-order valence-electron chi connectivity index (χ2n) is 6.27. The number of nitro groups is 1. The Bertz CT molecular complexity index is 847. The number of aryl methyl sites for hydroxylation is 1. The fraction of sp³-hybridized carbons (Fsp3) is 0.263. The van der Waals surface area contributed by atoms with Gasteiger partial charge in [0.1, 0.15) is 5.75 Å². The van der Waals surface area contributed by atoms with E-state index in [0.717, 1.165) is 11.1 Å². The highest BCUT2D eigenvalue weighted by Crippen LogP contribution is 2.24. The number of hydrogen-bond acceptors (Lipinski definition) is 5. The molecule has 0 fully saturated rings. The summed E-state index contributed by atoms with van der Waals surface area (Å²) in [6, 6.07) is 10.9. The number of hydrogen-bond donors (Lipinski definition) is 2. The number of benzene rings is 2. The normalized spacial score (nSPS) is 10.4. The number of amides is 2. The fourth-order valence-electron chi connectivity index (χ4n) is 2.24. The molecule has 0 heterocycles. The van der Waals surface area contributed by atoms with Crippen LogP contribution in [0.3, 0.4) is 0 Å². The highest BCUT2D eigenvalue weighted by molar-refractivity contribution is 5.95. The van der Waals surface area contributed by atoms with Gasteiger partial charge in [0.15, 0.2) is 6.61 Å². The molecule has 142 valence electrons. The van der Waals surface area contributed by atoms with Crippen molar-refractivity contribution in [3.63, 3.8) is 0 Å². The van der Waals surface area contributed by atoms with Crippen molar-refractivity contribution >= 4 is 17.5 Å². The second-order valence-corrected chi connectivity index (χ2v) is 6.27. The van der Waals surface area contributed by atoms with Crippen molar-refractivity contribution in [1.29, 1.82) is 0 Å². The Morgan fingerprint density at radius 2 is 1.78 bits per heavy atom. The monoisotopic (exact) mass is 371 g/mol. The minimum absolute atomic E-state index is 0.122. The third-order valence-electron chi connectivity index (χ3n) is 3.89. The summed E-state index contributed by atoms with van der Waals surface area (Å²) in [5, 5.41) is 10.6. The van der Waals surface area contributed by atoms with Gasteiger partial charge in [0.05, 0.1) is 4.92 Å². The summed E-state index contributed by atoms with van der Waals surface area (Å²) < 4.78 is 5.53. The number of carbonyl (C=O) groups excluding carboxylic acids is 2. The Kier molecular flexibility index (Phi) is 6.48. The lowest BCUT2D eigenvalue weighted by molar-refractivity contribution is -0.384. The zero-order chi connectivity index (χ0) is 20.0. The maximum absolute atomic E-state index is 11.9. The van der Waals surface area contributed by atoms with E-state index in [9.17, 15) is 19.7 Å². The van der Waals surface area contributed by atoms with E-state index < -0.39 is 16.7 Å². The molecule has 0 bridgehead atoms. The summed E-state index contributed by atoms with van der Waals surface area (Å²) in [6.07, 6.45) is 0. The molecular formula is C19H21N3O5. The Labute approximate surface area is 156 Å². The zero-order valence-electron chi connectivity index (χ0n) is 15.3. The first kappa shape index (κ1) is 19.9. The van der Waals surface area contributed by atoms with E-state index in [1.807, 2.05) is 25.1 Å². The molecule has 0 unspecified atom stereocenters. The van der Waals surface area contributed by atoms with Gasteiger partial charge < -0.3 is 4.74 Å². The van der Waals surface area contributed by atoms with E-state index in [4.69, 9.17) is 4.74 Å². The van der Waals surface area contributed by atoms with Gasteiger partial charge in [-0.1, -0.05) is 26.0 Å². The molecule has 8 heteroatoms. The molecule has 0 spiro atoms. The number of nitrogens with one attached hydrogen (secondary N) is 2. The Hall–Kier alpha value is -3.42. The van der Waals surface area contributed by atoms with Crippen molar-refractivity contribution in [1.82, 2.24) is 10.9 Å². The minimum atomic E-state index is -0.587. The Morgan fingerprint density at radius 3 is 2.37 bits per heavy atom. The molecule has 0 aliphatic rings. The molecule has 0 saturated heterocycles. The molecule has 0 aromatic heterocycles. The maximum Gasteiger partial charge on any atom is 0.276 e. The van der Waals surface area contributed by atoms with Crippen molar-refractivity contribution in [2.24, 2.45) is 0 Å². The van der Waals surface area contributed by atoms with Crippen LogP contribution in [0.2, 0.25) is 0 Å². The topological polar surface area (TPSA) is 111 Å². The number of hydrazine groups is 1. The number of nitro benzene ring substituents is 1. The molecule has 2 N–H and O–H groups in total. The molecule has 2 aromatic carbocycles. The summed E-state index contributed by atoms with van der Waals surface area (Å²) in [4.78, 5) is 33.9. The van der Waals surface area contributed by atoms with Crippen LogP contribution in [0.4, 0.5) is 5.69 Å². The largest absolute Gasteiger partial charge is 0.483 e. The molecular weight excluding hydrogens is 350 g/mol. The molecule has 2 aromatic rings. The third kappa shape index (κ3) is 5.53. The molecule has 27 heavy (non-hydrogen) atoms. The van der Waals surface area contributed by atoms with Crippen LogP contribution in [0.1, 0.15) is 41.3 Å². The lowest BCUT2D eigenvalue weighted by Crippen LogP contribution is -2.43. The van der Waals surface area contributed by atoms with Gasteiger partial charge in [-0.15, -0.1) is 0 Å². The van der Waals surface area contributed by atoms with Crippen LogP contribution in [-0.4, -0.2) is 23.3 Å². The quantitative estimate of drug-likeness (QED) is 0.599. The van der Waals surface area contributed by atoms with Crippen LogP contribution >= 0.6 is 0 Å². The fourth-order valence-corrected chi connectivity index (χ4v) is 2.24. The van der Waals surface area contributed by atoms with Crippen molar-refractivity contribution in [3.8, 4) is 5.75 Å². The molecule has 0 radical (unpaired) electrons. The second kappa shape index (κ2) is 8.79. The maximum atomic E-state index is 11.9. The molecule has 0 saturated carbocycles. The van der Waals surface area contributed by atoms with E-state index in [-0.39, 0.29) is 17.9 Å². The summed E-state index contributed by atoms with van der Waals surface area (Å²) in [7, 11) is 0. The standard InChI is InChI=1S/C19H21N3O5/c1-12(2)15-5-4-13(3)17(10-15)27-11-18(23)20-21-19(24)14-6-8-16(9-7-14)22(25)26/h4-10,12H,11H2,1-3H3,(H,20,23)(H,21,24). The summed E-state index contributed by atoms with van der Waals surface area (Å²) in [5.74, 6) is -0.170. The van der Waals surface area contributed by atoms with Crippen molar-refractivity contribution in [3.05, 3.63) is 69.3 Å². The van der Waals surface area contributed by atoms with Crippen molar-refractivity contribution < 1.29 is 19.2 Å². The smallest absolute Gasteiger partial charge is 0.276 e. The average molecular weight is 371 g/mol. The van der Waals surface area contributed by atoms with Crippen LogP contribution in [-0.2, 0) is 4.79 Å². The highest BCUT2D eigenvalue weighted by atomic mass is 16.6. The average Bonchev–Trinajstić information content (AvgIpc) is 2.65. The molecule has 2 rings (SSSR count). The van der Waals surface area contributed by atoms with E-state index in [0.29, 0.717) is 11.7 Å². The zero-order valence-corrected chi connectivity index (χ0v) is 15.3. The predicted molar refractivity (Wildman–Crippen MR) is 99.5 cm³/mol. The van der Waals surface area contributed by atoms with Crippen LogP contribution in [0, 0.1) is 17.0 Å². The molecule has 8 nitrogen and oxygen atoms in total. The van der Waals surface area contributed by atoms with Crippen LogP contribution in [0.15, 0.2) is 42.5 Å². The van der Waals surface area contributed by atoms with Gasteiger partial charge in [-0.3, -0.25) is 30.6 Å². The number of carbonyl (C=O) groups is 2. The van der Waals surface area contributed by atoms with Gasteiger partial charge in [-0.25, -0.2) is 0 Å². The predicted octanol–water partition coefficient (Wildman–Crippen LogP) is 2.87. The summed E-state index contributed by atoms with van der Waals surface area (Å²) >= 11 is 0. The number of nitrogens with zero attached hydrogens (tertiary/aromatic N) is 1. The summed E-state index contributed by atoms with van der Waals surface area (Å²) in [5.41, 5.74) is 6.55. The third-order valence-corrected chi connectivity index (χ3v) is 3.89. The van der Waals surface area contributed by atoms with Crippen LogP contribution in [0.5, 0.6) is 5.75 Å². The van der Waals surface area contributed by atoms with Gasteiger partial charge in [0.2, 0.25) is 0 Å². The van der Waals surface area contributed by atoms with Gasteiger partial charge >= 0.3 is 0 Å². The van der Waals surface area contributed by atoms with Gasteiger partial charge in [0.25, 0.3) is 17.5 Å². The summed E-state index contributed by atoms with van der Waals surface area (Å²) in [6.45, 7) is 5.75. The van der Waals surface area contributed by atoms with E-state index in [1.54, 1.807) is 0 Å². The first-order valence-electron chi connectivity index (χ1n) is 8.35. The Balaban J connectivity index is 1.86. The van der Waals surface area contributed by atoms with E-state index in [1.165, 1.54) is 24.3 Å². The SMILES string of the molecule is Cc1ccc(C(C)C)cc1OCC(=O)NNC(=O)c1ccc([N+](=O)[O-])cc1. The molecule has 0 aliphatic carbocycles. The first-order valence-corrected chi connectivity index (χ1v) is 8.35. The van der Waals surface area contributed by atoms with Gasteiger partial charge in [0, 0.05) is 17.7 Å². The number of ether oxygens (including phenoxy) is 1. The number of rotatable bonds is 6. The van der Waals surface area contributed by atoms with Crippen LogP contribution < -0.4 is 15.6 Å². The van der Waals surface area contributed by atoms with Crippen molar-refractivity contribution in [2.45, 2.75) is 26.7 Å². The lowest BCUT2D eigenvalue weighted by atomic mass is 10.0. The minimum Gasteiger partial charge on any atom is -0.483 e. The van der Waals surface area contributed by atoms with Crippen molar-refractivity contribution in [2.75, 3.05) is 6.61 Å². The van der Waals surface area contributed by atoms with Gasteiger partial charge in [-0.2, -0.15) is 0 Å². The molecule has 0 aliphatic heterocycles. The first-order chi connectivity index (χ1) is 12.8. The van der Waals surface area contributed by atoms with E-state index in [2.05, 4.69) is 24.7 Å². The van der Waals surface area contributed by atoms with Gasteiger partial charge in [-0.05, 0) is 42.2 Å². The highest BCUT2D eigenvalue weighted by Gasteiger charge is 2.11. The molecule has 2 amide bonds. The van der Waals surface area contributed by atoms with E-state index >= 15 is 0 Å². The molecule has 0 atom stereocenters. The number of non-ortho nitro benzene ring substituents is 1. The lowest BCUT2D eigenvalue weighted by Gasteiger charge is -2.13.